The summed E-state index contributed by atoms with van der Waals surface area (Å²) in [6.07, 6.45) is 4.02. The summed E-state index contributed by atoms with van der Waals surface area (Å²) in [7, 11) is 1.75. The number of methoxy groups -OCH3 is 1. The highest BCUT2D eigenvalue weighted by Crippen LogP contribution is 2.05. The summed E-state index contributed by atoms with van der Waals surface area (Å²) in [6.45, 7) is 5.22. The van der Waals surface area contributed by atoms with Gasteiger partial charge in [-0.2, -0.15) is 0 Å². The first kappa shape index (κ1) is 11.0. The number of piperidine rings is 1. The fourth-order valence-electron chi connectivity index (χ4n) is 1.75. The van der Waals surface area contributed by atoms with E-state index in [1.807, 2.05) is 0 Å². The van der Waals surface area contributed by atoms with E-state index in [9.17, 15) is 0 Å². The van der Waals surface area contributed by atoms with Crippen LogP contribution in [-0.2, 0) is 4.74 Å². The van der Waals surface area contributed by atoms with Gasteiger partial charge in [-0.15, -0.1) is 0 Å². The van der Waals surface area contributed by atoms with Crippen LogP contribution in [0.15, 0.2) is 0 Å². The Morgan fingerprint density at radius 3 is 3.00 bits per heavy atom. The van der Waals surface area contributed by atoms with Crippen LogP contribution in [0.2, 0.25) is 0 Å². The monoisotopic (exact) mass is 186 g/mol. The summed E-state index contributed by atoms with van der Waals surface area (Å²) in [4.78, 5) is 0. The molecular formula is C10H22N2O. The number of hydrogen-bond donors (Lipinski definition) is 2. The van der Waals surface area contributed by atoms with E-state index in [0.717, 1.165) is 13.2 Å². The highest BCUT2D eigenvalue weighted by molar-refractivity contribution is 4.75. The number of ether oxygens (including phenoxy) is 1. The van der Waals surface area contributed by atoms with E-state index in [-0.39, 0.29) is 0 Å². The van der Waals surface area contributed by atoms with Gasteiger partial charge in [0.25, 0.3) is 0 Å². The zero-order valence-corrected chi connectivity index (χ0v) is 8.81. The van der Waals surface area contributed by atoms with Crippen molar-refractivity contribution >= 4 is 0 Å². The van der Waals surface area contributed by atoms with Crippen molar-refractivity contribution in [1.29, 1.82) is 0 Å². The Morgan fingerprint density at radius 1 is 1.54 bits per heavy atom. The molecule has 0 aromatic rings. The Morgan fingerprint density at radius 2 is 2.38 bits per heavy atom. The van der Waals surface area contributed by atoms with Crippen LogP contribution in [0.4, 0.5) is 0 Å². The molecule has 0 aromatic heterocycles. The molecule has 3 heteroatoms. The second kappa shape index (κ2) is 6.35. The van der Waals surface area contributed by atoms with Crippen molar-refractivity contribution in [2.45, 2.75) is 38.3 Å². The first-order valence-corrected chi connectivity index (χ1v) is 5.28. The molecule has 0 radical (unpaired) electrons. The maximum Gasteiger partial charge on any atom is 0.0613 e. The molecule has 2 N–H and O–H groups in total. The quantitative estimate of drug-likeness (QED) is 0.665. The molecule has 0 amide bonds. The van der Waals surface area contributed by atoms with Crippen molar-refractivity contribution in [3.63, 3.8) is 0 Å². The smallest absolute Gasteiger partial charge is 0.0613 e. The van der Waals surface area contributed by atoms with Crippen LogP contribution in [0.3, 0.4) is 0 Å². The Labute approximate surface area is 81.2 Å². The van der Waals surface area contributed by atoms with Crippen molar-refractivity contribution < 1.29 is 4.74 Å². The molecule has 1 saturated heterocycles. The summed E-state index contributed by atoms with van der Waals surface area (Å²) in [5.41, 5.74) is 0. The summed E-state index contributed by atoms with van der Waals surface area (Å²) in [6, 6.07) is 1.14. The van der Waals surface area contributed by atoms with Gasteiger partial charge in [0.1, 0.15) is 0 Å². The van der Waals surface area contributed by atoms with E-state index < -0.39 is 0 Å². The Balaban J connectivity index is 2.03. The predicted octanol–water partition coefficient (Wildman–Crippen LogP) is 0.753. The van der Waals surface area contributed by atoms with Gasteiger partial charge >= 0.3 is 0 Å². The minimum Gasteiger partial charge on any atom is -0.383 e. The van der Waals surface area contributed by atoms with E-state index >= 15 is 0 Å². The van der Waals surface area contributed by atoms with Gasteiger partial charge in [0, 0.05) is 25.7 Å². The fourth-order valence-corrected chi connectivity index (χ4v) is 1.75. The van der Waals surface area contributed by atoms with Crippen LogP contribution in [0.1, 0.15) is 26.2 Å². The van der Waals surface area contributed by atoms with Crippen molar-refractivity contribution in [3.8, 4) is 0 Å². The molecule has 0 spiro atoms. The second-order valence-electron chi connectivity index (χ2n) is 3.91. The van der Waals surface area contributed by atoms with E-state index in [1.54, 1.807) is 7.11 Å². The van der Waals surface area contributed by atoms with Crippen molar-refractivity contribution in [2.24, 2.45) is 0 Å². The lowest BCUT2D eigenvalue weighted by molar-refractivity contribution is 0.170. The first-order valence-electron chi connectivity index (χ1n) is 5.28. The van der Waals surface area contributed by atoms with Gasteiger partial charge in [-0.3, -0.25) is 0 Å². The largest absolute Gasteiger partial charge is 0.383 e. The third kappa shape index (κ3) is 4.60. The number of rotatable bonds is 5. The van der Waals surface area contributed by atoms with Gasteiger partial charge in [-0.1, -0.05) is 6.42 Å². The Hall–Kier alpha value is -0.120. The molecule has 0 bridgehead atoms. The molecule has 3 nitrogen and oxygen atoms in total. The van der Waals surface area contributed by atoms with Crippen LogP contribution >= 0.6 is 0 Å². The Bertz CT molecular complexity index is 124. The average molecular weight is 186 g/mol. The maximum absolute atomic E-state index is 5.06. The van der Waals surface area contributed by atoms with E-state index in [0.29, 0.717) is 12.1 Å². The number of nitrogens with one attached hydrogen (secondary N) is 2. The van der Waals surface area contributed by atoms with Gasteiger partial charge in [0.2, 0.25) is 0 Å². The van der Waals surface area contributed by atoms with Crippen LogP contribution in [-0.4, -0.2) is 38.9 Å². The van der Waals surface area contributed by atoms with Crippen LogP contribution in [0, 0.1) is 0 Å². The lowest BCUT2D eigenvalue weighted by Crippen LogP contribution is -2.45. The normalized spacial score (nSPS) is 25.8. The molecule has 0 saturated carbocycles. The van der Waals surface area contributed by atoms with Gasteiger partial charge in [0.15, 0.2) is 0 Å². The molecule has 1 aliphatic rings. The molecule has 2 atom stereocenters. The van der Waals surface area contributed by atoms with Gasteiger partial charge < -0.3 is 15.4 Å². The van der Waals surface area contributed by atoms with Crippen molar-refractivity contribution in [3.05, 3.63) is 0 Å². The molecule has 1 fully saturated rings. The minimum atomic E-state index is 0.466. The van der Waals surface area contributed by atoms with E-state index in [1.165, 1.54) is 25.8 Å². The summed E-state index contributed by atoms with van der Waals surface area (Å²) < 4.78 is 5.06. The molecule has 0 aliphatic carbocycles. The average Bonchev–Trinajstić information content (AvgIpc) is 2.17. The van der Waals surface area contributed by atoms with Crippen LogP contribution in [0.5, 0.6) is 0 Å². The molecule has 2 unspecified atom stereocenters. The minimum absolute atomic E-state index is 0.466. The lowest BCUT2D eigenvalue weighted by atomic mass is 10.1. The van der Waals surface area contributed by atoms with Gasteiger partial charge in [-0.25, -0.2) is 0 Å². The molecule has 1 rings (SSSR count). The first-order chi connectivity index (χ1) is 6.33. The lowest BCUT2D eigenvalue weighted by Gasteiger charge is -2.25. The third-order valence-corrected chi connectivity index (χ3v) is 2.54. The maximum atomic E-state index is 5.06. The molecular weight excluding hydrogens is 164 g/mol. The molecule has 1 aliphatic heterocycles. The zero-order valence-electron chi connectivity index (χ0n) is 8.81. The van der Waals surface area contributed by atoms with Gasteiger partial charge in [0.05, 0.1) is 6.61 Å². The van der Waals surface area contributed by atoms with Gasteiger partial charge in [-0.05, 0) is 26.3 Å². The fraction of sp³-hybridized carbons (Fsp3) is 1.00. The summed E-state index contributed by atoms with van der Waals surface area (Å²) in [5.74, 6) is 0. The zero-order chi connectivity index (χ0) is 9.52. The van der Waals surface area contributed by atoms with E-state index in [4.69, 9.17) is 4.74 Å². The third-order valence-electron chi connectivity index (χ3n) is 2.54. The Kier molecular flexibility index (Phi) is 5.35. The van der Waals surface area contributed by atoms with E-state index in [2.05, 4.69) is 17.6 Å². The number of hydrogen-bond acceptors (Lipinski definition) is 3. The van der Waals surface area contributed by atoms with Crippen molar-refractivity contribution in [2.75, 3.05) is 26.8 Å². The topological polar surface area (TPSA) is 33.3 Å². The van der Waals surface area contributed by atoms with Crippen molar-refractivity contribution in [1.82, 2.24) is 10.6 Å². The molecule has 78 valence electrons. The standard InChI is InChI=1S/C10H22N2O/c1-9(8-13-2)12-7-10-5-3-4-6-11-10/h9-12H,3-8H2,1-2H3. The molecule has 13 heavy (non-hydrogen) atoms. The molecule has 0 aromatic carbocycles. The predicted molar refractivity (Wildman–Crippen MR) is 55.0 cm³/mol. The molecule has 1 heterocycles. The second-order valence-corrected chi connectivity index (χ2v) is 3.91. The highest BCUT2D eigenvalue weighted by Gasteiger charge is 2.12. The summed E-state index contributed by atoms with van der Waals surface area (Å²) >= 11 is 0. The summed E-state index contributed by atoms with van der Waals surface area (Å²) in [5, 5.41) is 6.98. The van der Waals surface area contributed by atoms with Crippen LogP contribution < -0.4 is 10.6 Å². The highest BCUT2D eigenvalue weighted by atomic mass is 16.5. The SMILES string of the molecule is COCC(C)NCC1CCCCN1. The van der Waals surface area contributed by atoms with Crippen LogP contribution in [0.25, 0.3) is 0 Å².